The average molecular weight is 291 g/mol. The predicted molar refractivity (Wildman–Crippen MR) is 87.2 cm³/mol. The van der Waals surface area contributed by atoms with Crippen LogP contribution in [-0.2, 0) is 0 Å². The molecule has 2 rings (SSSR count). The lowest BCUT2D eigenvalue weighted by Crippen LogP contribution is -2.28. The molecule has 1 aliphatic carbocycles. The maximum atomic E-state index is 5.43. The summed E-state index contributed by atoms with van der Waals surface area (Å²) in [4.78, 5) is 0. The molecule has 118 valence electrons. The van der Waals surface area contributed by atoms with E-state index in [1.807, 2.05) is 6.07 Å². The summed E-state index contributed by atoms with van der Waals surface area (Å²) in [5, 5.41) is 3.69. The molecule has 0 radical (unpaired) electrons. The van der Waals surface area contributed by atoms with Crippen LogP contribution in [0.2, 0.25) is 0 Å². The lowest BCUT2D eigenvalue weighted by molar-refractivity contribution is 0.326. The summed E-state index contributed by atoms with van der Waals surface area (Å²) >= 11 is 0. The van der Waals surface area contributed by atoms with Crippen molar-refractivity contribution in [2.75, 3.05) is 20.8 Å². The van der Waals surface area contributed by atoms with Crippen molar-refractivity contribution in [3.63, 3.8) is 0 Å². The van der Waals surface area contributed by atoms with Crippen molar-refractivity contribution in [2.45, 2.75) is 51.5 Å². The van der Waals surface area contributed by atoms with Crippen LogP contribution in [0.3, 0.4) is 0 Å². The van der Waals surface area contributed by atoms with Crippen LogP contribution >= 0.6 is 0 Å². The molecule has 21 heavy (non-hydrogen) atoms. The first kappa shape index (κ1) is 16.2. The van der Waals surface area contributed by atoms with E-state index in [2.05, 4.69) is 24.4 Å². The highest BCUT2D eigenvalue weighted by atomic mass is 16.5. The highest BCUT2D eigenvalue weighted by Crippen LogP contribution is 2.36. The number of hydrogen-bond acceptors (Lipinski definition) is 3. The third-order valence-corrected chi connectivity index (χ3v) is 4.53. The number of rotatable bonds is 6. The van der Waals surface area contributed by atoms with Gasteiger partial charge in [-0.05, 0) is 43.0 Å². The van der Waals surface area contributed by atoms with Crippen molar-refractivity contribution >= 4 is 0 Å². The van der Waals surface area contributed by atoms with Crippen LogP contribution in [-0.4, -0.2) is 20.8 Å². The normalized spacial score (nSPS) is 18.0. The van der Waals surface area contributed by atoms with Gasteiger partial charge in [-0.15, -0.1) is 0 Å². The molecule has 3 nitrogen and oxygen atoms in total. The van der Waals surface area contributed by atoms with Gasteiger partial charge in [0.1, 0.15) is 11.5 Å². The molecular formula is C18H29NO2. The fourth-order valence-electron chi connectivity index (χ4n) is 3.43. The molecule has 0 heterocycles. The molecule has 1 aliphatic rings. The first-order valence-corrected chi connectivity index (χ1v) is 8.24. The van der Waals surface area contributed by atoms with Gasteiger partial charge in [0, 0.05) is 12.1 Å². The molecule has 0 amide bonds. The Labute approximate surface area is 129 Å². The molecule has 1 fully saturated rings. The summed E-state index contributed by atoms with van der Waals surface area (Å²) in [6, 6.07) is 6.65. The van der Waals surface area contributed by atoms with Gasteiger partial charge >= 0.3 is 0 Å². The Morgan fingerprint density at radius 2 is 1.57 bits per heavy atom. The molecule has 0 bridgehead atoms. The standard InChI is InChI=1S/C18H29NO2/c1-4-19-18(14-9-7-5-6-8-10-14)15-11-16(20-2)13-17(12-15)21-3/h11-14,18-19H,4-10H2,1-3H3. The van der Waals surface area contributed by atoms with Crippen molar-refractivity contribution in [1.82, 2.24) is 5.32 Å². The van der Waals surface area contributed by atoms with E-state index in [1.165, 1.54) is 44.1 Å². The number of methoxy groups -OCH3 is 2. The Kier molecular flexibility index (Phi) is 6.37. The second-order valence-electron chi connectivity index (χ2n) is 5.93. The number of hydrogen-bond donors (Lipinski definition) is 1. The van der Waals surface area contributed by atoms with Gasteiger partial charge in [-0.1, -0.05) is 32.6 Å². The molecule has 1 aromatic rings. The van der Waals surface area contributed by atoms with E-state index in [0.29, 0.717) is 12.0 Å². The fourth-order valence-corrected chi connectivity index (χ4v) is 3.43. The van der Waals surface area contributed by atoms with Gasteiger partial charge in [0.15, 0.2) is 0 Å². The van der Waals surface area contributed by atoms with Crippen molar-refractivity contribution in [2.24, 2.45) is 5.92 Å². The molecule has 0 aliphatic heterocycles. The fraction of sp³-hybridized carbons (Fsp3) is 0.667. The molecule has 1 unspecified atom stereocenters. The molecule has 0 spiro atoms. The Morgan fingerprint density at radius 1 is 1.00 bits per heavy atom. The lowest BCUT2D eigenvalue weighted by atomic mass is 9.87. The van der Waals surface area contributed by atoms with E-state index < -0.39 is 0 Å². The highest BCUT2D eigenvalue weighted by molar-refractivity contribution is 5.40. The van der Waals surface area contributed by atoms with Gasteiger partial charge in [0.2, 0.25) is 0 Å². The van der Waals surface area contributed by atoms with Crippen LogP contribution < -0.4 is 14.8 Å². The van der Waals surface area contributed by atoms with Gasteiger partial charge in [0.25, 0.3) is 0 Å². The Bertz CT molecular complexity index is 403. The quantitative estimate of drug-likeness (QED) is 0.792. The molecule has 3 heteroatoms. The van der Waals surface area contributed by atoms with Crippen LogP contribution in [0.25, 0.3) is 0 Å². The summed E-state index contributed by atoms with van der Waals surface area (Å²) in [5.74, 6) is 2.46. The van der Waals surface area contributed by atoms with Crippen molar-refractivity contribution in [3.05, 3.63) is 23.8 Å². The van der Waals surface area contributed by atoms with Crippen LogP contribution in [0.1, 0.15) is 57.1 Å². The van der Waals surface area contributed by atoms with E-state index in [4.69, 9.17) is 9.47 Å². The van der Waals surface area contributed by atoms with E-state index in [-0.39, 0.29) is 0 Å². The van der Waals surface area contributed by atoms with Crippen LogP contribution in [0.5, 0.6) is 11.5 Å². The molecule has 0 aromatic heterocycles. The predicted octanol–water partition coefficient (Wildman–Crippen LogP) is 4.32. The monoisotopic (exact) mass is 291 g/mol. The average Bonchev–Trinajstić information content (AvgIpc) is 2.81. The summed E-state index contributed by atoms with van der Waals surface area (Å²) in [7, 11) is 3.43. The minimum atomic E-state index is 0.400. The second-order valence-corrected chi connectivity index (χ2v) is 5.93. The second kappa shape index (κ2) is 8.28. The van der Waals surface area contributed by atoms with Crippen molar-refractivity contribution in [3.8, 4) is 11.5 Å². The Hall–Kier alpha value is -1.22. The summed E-state index contributed by atoms with van der Waals surface area (Å²) < 4.78 is 10.9. The molecule has 1 N–H and O–H groups in total. The first-order chi connectivity index (χ1) is 10.3. The summed E-state index contributed by atoms with van der Waals surface area (Å²) in [6.07, 6.45) is 8.11. The minimum Gasteiger partial charge on any atom is -0.497 e. The van der Waals surface area contributed by atoms with Crippen LogP contribution in [0.4, 0.5) is 0 Å². The van der Waals surface area contributed by atoms with Gasteiger partial charge < -0.3 is 14.8 Å². The van der Waals surface area contributed by atoms with E-state index >= 15 is 0 Å². The van der Waals surface area contributed by atoms with E-state index in [9.17, 15) is 0 Å². The smallest absolute Gasteiger partial charge is 0.122 e. The van der Waals surface area contributed by atoms with E-state index in [1.54, 1.807) is 14.2 Å². The lowest BCUT2D eigenvalue weighted by Gasteiger charge is -2.28. The maximum Gasteiger partial charge on any atom is 0.122 e. The number of nitrogens with one attached hydrogen (secondary N) is 1. The van der Waals surface area contributed by atoms with E-state index in [0.717, 1.165) is 18.0 Å². The highest BCUT2D eigenvalue weighted by Gasteiger charge is 2.24. The first-order valence-electron chi connectivity index (χ1n) is 8.24. The van der Waals surface area contributed by atoms with Crippen LogP contribution in [0.15, 0.2) is 18.2 Å². The van der Waals surface area contributed by atoms with Crippen molar-refractivity contribution in [1.29, 1.82) is 0 Å². The Morgan fingerprint density at radius 3 is 2.05 bits per heavy atom. The zero-order valence-electron chi connectivity index (χ0n) is 13.7. The molecular weight excluding hydrogens is 262 g/mol. The van der Waals surface area contributed by atoms with Crippen molar-refractivity contribution < 1.29 is 9.47 Å². The largest absolute Gasteiger partial charge is 0.497 e. The SMILES string of the molecule is CCNC(c1cc(OC)cc(OC)c1)C1CCCCCC1. The third-order valence-electron chi connectivity index (χ3n) is 4.53. The summed E-state index contributed by atoms with van der Waals surface area (Å²) in [5.41, 5.74) is 1.29. The maximum absolute atomic E-state index is 5.43. The molecule has 0 saturated heterocycles. The zero-order chi connectivity index (χ0) is 15.1. The molecule has 1 atom stereocenters. The molecule has 1 aromatic carbocycles. The van der Waals surface area contributed by atoms with Crippen LogP contribution in [0, 0.1) is 5.92 Å². The molecule has 1 saturated carbocycles. The number of ether oxygens (including phenoxy) is 2. The third kappa shape index (κ3) is 4.37. The van der Waals surface area contributed by atoms with Gasteiger partial charge in [0.05, 0.1) is 14.2 Å². The topological polar surface area (TPSA) is 30.5 Å². The minimum absolute atomic E-state index is 0.400. The zero-order valence-corrected chi connectivity index (χ0v) is 13.7. The number of benzene rings is 1. The van der Waals surface area contributed by atoms with Gasteiger partial charge in [-0.25, -0.2) is 0 Å². The van der Waals surface area contributed by atoms with Gasteiger partial charge in [-0.2, -0.15) is 0 Å². The Balaban J connectivity index is 2.27. The summed E-state index contributed by atoms with van der Waals surface area (Å²) in [6.45, 7) is 3.17. The van der Waals surface area contributed by atoms with Gasteiger partial charge in [-0.3, -0.25) is 0 Å².